The van der Waals surface area contributed by atoms with Gasteiger partial charge in [-0.1, -0.05) is 0 Å². The highest BCUT2D eigenvalue weighted by Crippen LogP contribution is 1.60. The molecule has 6 nitrogen and oxygen atoms in total. The van der Waals surface area contributed by atoms with Crippen molar-refractivity contribution in [2.24, 2.45) is 11.5 Å². The van der Waals surface area contributed by atoms with Crippen LogP contribution in [0.5, 0.6) is 0 Å². The van der Waals surface area contributed by atoms with Gasteiger partial charge in [0.25, 0.3) is 11.8 Å². The molecule has 6 N–H and O–H groups in total. The van der Waals surface area contributed by atoms with Gasteiger partial charge in [0.15, 0.2) is 13.1 Å². The van der Waals surface area contributed by atoms with Crippen LogP contribution < -0.4 is 21.3 Å². The molecule has 1 aliphatic heterocycles. The molecule has 0 atom stereocenters. The maximum Gasteiger partial charge on any atom is 0.272 e. The lowest BCUT2D eigenvalue weighted by atomic mass is 10.3. The van der Waals surface area contributed by atoms with Gasteiger partial charge in [0.05, 0.1) is 0 Å². The molecule has 0 spiro atoms. The van der Waals surface area contributed by atoms with E-state index in [1.165, 1.54) is 9.80 Å². The lowest BCUT2D eigenvalue weighted by Gasteiger charge is -2.28. The average Bonchev–Trinajstić information content (AvgIpc) is 2.06. The normalized spacial score (nSPS) is 27.1. The van der Waals surface area contributed by atoms with Gasteiger partial charge in [0, 0.05) is 0 Å². The smallest absolute Gasteiger partial charge is 0.272 e. The van der Waals surface area contributed by atoms with Crippen LogP contribution in [-0.2, 0) is 9.59 Å². The van der Waals surface area contributed by atoms with Crippen LogP contribution in [0.15, 0.2) is 0 Å². The van der Waals surface area contributed by atoms with Crippen LogP contribution in [0.4, 0.5) is 0 Å². The van der Waals surface area contributed by atoms with Gasteiger partial charge < -0.3 is 21.3 Å². The van der Waals surface area contributed by atoms with Gasteiger partial charge in [-0.2, -0.15) is 0 Å². The van der Waals surface area contributed by atoms with Gasteiger partial charge >= 0.3 is 0 Å². The second-order valence-electron chi connectivity index (χ2n) is 3.79. The molecule has 6 heteroatoms. The molecule has 0 aromatic carbocycles. The third kappa shape index (κ3) is 3.71. The van der Waals surface area contributed by atoms with Crippen molar-refractivity contribution in [1.29, 1.82) is 0 Å². The minimum atomic E-state index is -0.265. The van der Waals surface area contributed by atoms with E-state index in [0.29, 0.717) is 13.1 Å². The van der Waals surface area contributed by atoms with E-state index in [9.17, 15) is 9.59 Å². The SMILES string of the molecule is NC(=O)C[NH+]1CC[NH+](CC(N)=O)CC1. The molecular formula is C8H18N4O2+2. The summed E-state index contributed by atoms with van der Waals surface area (Å²) in [7, 11) is 0. The van der Waals surface area contributed by atoms with Crippen molar-refractivity contribution in [1.82, 2.24) is 0 Å². The van der Waals surface area contributed by atoms with Gasteiger partial charge in [-0.3, -0.25) is 9.59 Å². The molecule has 1 heterocycles. The largest absolute Gasteiger partial charge is 0.365 e. The summed E-state index contributed by atoms with van der Waals surface area (Å²) in [6.07, 6.45) is 0. The lowest BCUT2D eigenvalue weighted by Crippen LogP contribution is -3.28. The summed E-state index contributed by atoms with van der Waals surface area (Å²) >= 11 is 0. The van der Waals surface area contributed by atoms with E-state index in [1.54, 1.807) is 0 Å². The Balaban J connectivity index is 2.24. The highest BCUT2D eigenvalue weighted by atomic mass is 16.1. The molecule has 0 radical (unpaired) electrons. The van der Waals surface area contributed by atoms with Crippen LogP contribution in [-0.4, -0.2) is 51.1 Å². The first kappa shape index (κ1) is 10.9. The standard InChI is InChI=1S/C8H16N4O2/c9-7(13)5-11-1-2-12(4-3-11)6-8(10)14/h1-6H2,(H2,9,13)(H2,10,14)/p+2. The molecule has 0 bridgehead atoms. The third-order valence-electron chi connectivity index (χ3n) is 2.51. The van der Waals surface area contributed by atoms with Crippen molar-refractivity contribution >= 4 is 11.8 Å². The van der Waals surface area contributed by atoms with Gasteiger partial charge in [-0.25, -0.2) is 0 Å². The number of primary amides is 2. The Morgan fingerprint density at radius 1 is 0.857 bits per heavy atom. The number of nitrogens with one attached hydrogen (secondary N) is 2. The number of carbonyl (C=O) groups is 2. The van der Waals surface area contributed by atoms with E-state index in [2.05, 4.69) is 0 Å². The van der Waals surface area contributed by atoms with Crippen LogP contribution in [0.2, 0.25) is 0 Å². The first-order valence-corrected chi connectivity index (χ1v) is 4.81. The molecule has 1 aliphatic rings. The van der Waals surface area contributed by atoms with E-state index in [4.69, 9.17) is 11.5 Å². The highest BCUT2D eigenvalue weighted by molar-refractivity contribution is 5.75. The number of hydrogen-bond donors (Lipinski definition) is 4. The summed E-state index contributed by atoms with van der Waals surface area (Å²) in [5.74, 6) is -0.531. The Morgan fingerprint density at radius 3 is 1.36 bits per heavy atom. The molecule has 14 heavy (non-hydrogen) atoms. The number of nitrogens with two attached hydrogens (primary N) is 2. The van der Waals surface area contributed by atoms with Gasteiger partial charge in [-0.05, 0) is 0 Å². The van der Waals surface area contributed by atoms with Gasteiger partial charge in [0.2, 0.25) is 0 Å². The minimum absolute atomic E-state index is 0.265. The summed E-state index contributed by atoms with van der Waals surface area (Å²) in [4.78, 5) is 23.7. The predicted molar refractivity (Wildman–Crippen MR) is 49.5 cm³/mol. The monoisotopic (exact) mass is 202 g/mol. The van der Waals surface area contributed by atoms with Crippen LogP contribution in [0.1, 0.15) is 0 Å². The molecular weight excluding hydrogens is 184 g/mol. The second kappa shape index (κ2) is 4.92. The Hall–Kier alpha value is -1.14. The number of piperazine rings is 1. The first-order chi connectivity index (χ1) is 6.58. The summed E-state index contributed by atoms with van der Waals surface area (Å²) in [6.45, 7) is 4.31. The molecule has 80 valence electrons. The van der Waals surface area contributed by atoms with Crippen LogP contribution in [0.25, 0.3) is 0 Å². The Kier molecular flexibility index (Phi) is 3.84. The first-order valence-electron chi connectivity index (χ1n) is 4.81. The van der Waals surface area contributed by atoms with Crippen molar-refractivity contribution in [2.75, 3.05) is 39.3 Å². The van der Waals surface area contributed by atoms with Crippen LogP contribution in [0, 0.1) is 0 Å². The molecule has 0 aliphatic carbocycles. The third-order valence-corrected chi connectivity index (χ3v) is 2.51. The maximum absolute atomic E-state index is 10.6. The molecule has 0 unspecified atom stereocenters. The van der Waals surface area contributed by atoms with Crippen molar-refractivity contribution in [3.63, 3.8) is 0 Å². The Morgan fingerprint density at radius 2 is 1.14 bits per heavy atom. The molecule has 2 amide bonds. The number of carbonyl (C=O) groups excluding carboxylic acids is 2. The zero-order chi connectivity index (χ0) is 10.6. The fraction of sp³-hybridized carbons (Fsp3) is 0.750. The zero-order valence-electron chi connectivity index (χ0n) is 8.21. The van der Waals surface area contributed by atoms with E-state index in [-0.39, 0.29) is 11.8 Å². The van der Waals surface area contributed by atoms with Crippen LogP contribution >= 0.6 is 0 Å². The fourth-order valence-electron chi connectivity index (χ4n) is 1.80. The summed E-state index contributed by atoms with van der Waals surface area (Å²) in [5, 5.41) is 0. The van der Waals surface area contributed by atoms with E-state index < -0.39 is 0 Å². The van der Waals surface area contributed by atoms with Crippen molar-refractivity contribution in [3.05, 3.63) is 0 Å². The summed E-state index contributed by atoms with van der Waals surface area (Å²) in [6, 6.07) is 0. The summed E-state index contributed by atoms with van der Waals surface area (Å²) < 4.78 is 0. The van der Waals surface area contributed by atoms with Gasteiger partial charge in [-0.15, -0.1) is 0 Å². The zero-order valence-corrected chi connectivity index (χ0v) is 8.21. The molecule has 0 aromatic rings. The molecule has 1 fully saturated rings. The quantitative estimate of drug-likeness (QED) is 0.366. The molecule has 1 rings (SSSR count). The Labute approximate surface area is 82.8 Å². The predicted octanol–water partition coefficient (Wildman–Crippen LogP) is -5.26. The topological polar surface area (TPSA) is 95.1 Å². The highest BCUT2D eigenvalue weighted by Gasteiger charge is 2.24. The lowest BCUT2D eigenvalue weighted by molar-refractivity contribution is -1.00. The van der Waals surface area contributed by atoms with Crippen molar-refractivity contribution < 1.29 is 19.4 Å². The molecule has 1 saturated heterocycles. The van der Waals surface area contributed by atoms with E-state index >= 15 is 0 Å². The van der Waals surface area contributed by atoms with E-state index in [0.717, 1.165) is 26.2 Å². The molecule has 0 aromatic heterocycles. The number of rotatable bonds is 4. The van der Waals surface area contributed by atoms with Crippen molar-refractivity contribution in [3.8, 4) is 0 Å². The summed E-state index contributed by atoms with van der Waals surface area (Å²) in [5.41, 5.74) is 10.2. The number of amides is 2. The van der Waals surface area contributed by atoms with Crippen molar-refractivity contribution in [2.45, 2.75) is 0 Å². The average molecular weight is 202 g/mol. The van der Waals surface area contributed by atoms with Gasteiger partial charge in [0.1, 0.15) is 26.2 Å². The number of quaternary nitrogens is 2. The van der Waals surface area contributed by atoms with Crippen LogP contribution in [0.3, 0.4) is 0 Å². The molecule has 0 saturated carbocycles. The maximum atomic E-state index is 10.6. The minimum Gasteiger partial charge on any atom is -0.365 e. The van der Waals surface area contributed by atoms with E-state index in [1.807, 2.05) is 0 Å². The second-order valence-corrected chi connectivity index (χ2v) is 3.79. The fourth-order valence-corrected chi connectivity index (χ4v) is 1.80. The Bertz CT molecular complexity index is 199. The number of hydrogen-bond acceptors (Lipinski definition) is 2.